The summed E-state index contributed by atoms with van der Waals surface area (Å²) in [5.41, 5.74) is 0.540. The summed E-state index contributed by atoms with van der Waals surface area (Å²) in [6, 6.07) is 3.59. The van der Waals surface area contributed by atoms with Crippen LogP contribution in [0.25, 0.3) is 0 Å². The Morgan fingerprint density at radius 2 is 1.45 bits per heavy atom. The van der Waals surface area contributed by atoms with E-state index in [0.717, 1.165) is 12.8 Å². The van der Waals surface area contributed by atoms with E-state index < -0.39 is 42.7 Å². The number of carbonyl (C=O) groups excluding carboxylic acids is 4. The molecule has 38 heavy (non-hydrogen) atoms. The van der Waals surface area contributed by atoms with Crippen LogP contribution in [-0.2, 0) is 34.9 Å². The molecular weight excluding hydrogens is 502 g/mol. The Labute approximate surface area is 223 Å². The fourth-order valence-electron chi connectivity index (χ4n) is 3.10. The maximum Gasteiger partial charge on any atom is 0.514 e. The summed E-state index contributed by atoms with van der Waals surface area (Å²) >= 11 is 0. The summed E-state index contributed by atoms with van der Waals surface area (Å²) in [5.74, 6) is -0.747. The van der Waals surface area contributed by atoms with Crippen LogP contribution in [0.2, 0.25) is 0 Å². The second kappa shape index (κ2) is 17.1. The molecular formula is C26H39NO11. The van der Waals surface area contributed by atoms with Crippen molar-refractivity contribution in [1.29, 1.82) is 0 Å². The summed E-state index contributed by atoms with van der Waals surface area (Å²) in [4.78, 5) is 48.2. The van der Waals surface area contributed by atoms with Crippen molar-refractivity contribution in [3.05, 3.63) is 23.8 Å². The molecule has 0 amide bonds. The van der Waals surface area contributed by atoms with Crippen molar-refractivity contribution in [3.8, 4) is 11.5 Å². The van der Waals surface area contributed by atoms with Gasteiger partial charge in [0.05, 0.1) is 19.3 Å². The van der Waals surface area contributed by atoms with E-state index in [9.17, 15) is 19.2 Å². The number of benzene rings is 1. The van der Waals surface area contributed by atoms with E-state index in [1.54, 1.807) is 40.7 Å². The standard InChI is InChI=1S/C26H39NO11/c1-8-9-18(6)36-24(29)33-13-12-27-20(23(28)32-7)14-19-10-11-21(37-25(30)34-16(2)3)22(15-19)38-26(31)35-17(4)5/h10-11,15-18,20,27H,8-9,12-14H2,1-7H3/t18?,20-/m0/s1. The molecule has 12 heteroatoms. The smallest absolute Gasteiger partial charge is 0.468 e. The van der Waals surface area contributed by atoms with Crippen LogP contribution in [0.4, 0.5) is 14.4 Å². The predicted molar refractivity (Wildman–Crippen MR) is 135 cm³/mol. The van der Waals surface area contributed by atoms with Gasteiger partial charge < -0.3 is 38.5 Å². The summed E-state index contributed by atoms with van der Waals surface area (Å²) in [5, 5.41) is 2.96. The number of rotatable bonds is 14. The molecule has 0 saturated carbocycles. The molecule has 12 nitrogen and oxygen atoms in total. The van der Waals surface area contributed by atoms with Gasteiger partial charge >= 0.3 is 24.4 Å². The largest absolute Gasteiger partial charge is 0.514 e. The van der Waals surface area contributed by atoms with Gasteiger partial charge in [-0.25, -0.2) is 14.4 Å². The number of hydrogen-bond donors (Lipinski definition) is 1. The van der Waals surface area contributed by atoms with E-state index in [1.165, 1.54) is 19.2 Å². The first-order chi connectivity index (χ1) is 17.9. The van der Waals surface area contributed by atoms with Crippen molar-refractivity contribution < 1.29 is 52.3 Å². The van der Waals surface area contributed by atoms with E-state index in [0.29, 0.717) is 5.56 Å². The molecule has 0 aromatic heterocycles. The zero-order valence-electron chi connectivity index (χ0n) is 23.1. The molecule has 214 valence electrons. The second-order valence-electron chi connectivity index (χ2n) is 8.87. The monoisotopic (exact) mass is 541 g/mol. The van der Waals surface area contributed by atoms with Gasteiger partial charge in [-0.15, -0.1) is 0 Å². The van der Waals surface area contributed by atoms with Crippen LogP contribution in [0.15, 0.2) is 18.2 Å². The number of methoxy groups -OCH3 is 1. The van der Waals surface area contributed by atoms with E-state index in [2.05, 4.69) is 5.32 Å². The molecule has 0 spiro atoms. The summed E-state index contributed by atoms with van der Waals surface area (Å²) in [6.45, 7) is 10.5. The van der Waals surface area contributed by atoms with Crippen molar-refractivity contribution in [1.82, 2.24) is 5.32 Å². The van der Waals surface area contributed by atoms with Gasteiger partial charge in [0.25, 0.3) is 0 Å². The molecule has 0 saturated heterocycles. The maximum absolute atomic E-state index is 12.4. The van der Waals surface area contributed by atoms with E-state index >= 15 is 0 Å². The molecule has 0 bridgehead atoms. The van der Waals surface area contributed by atoms with Gasteiger partial charge in [-0.05, 0) is 65.2 Å². The lowest BCUT2D eigenvalue weighted by atomic mass is 10.1. The average molecular weight is 542 g/mol. The van der Waals surface area contributed by atoms with E-state index in [-0.39, 0.29) is 37.2 Å². The Bertz CT molecular complexity index is 916. The molecule has 2 atom stereocenters. The normalized spacial score (nSPS) is 12.3. The topological polar surface area (TPSA) is 145 Å². The molecule has 0 aliphatic heterocycles. The zero-order valence-corrected chi connectivity index (χ0v) is 23.1. The van der Waals surface area contributed by atoms with Gasteiger partial charge in [-0.3, -0.25) is 4.79 Å². The van der Waals surface area contributed by atoms with Gasteiger partial charge in [0.1, 0.15) is 18.8 Å². The molecule has 1 aromatic carbocycles. The molecule has 1 N–H and O–H groups in total. The highest BCUT2D eigenvalue weighted by Crippen LogP contribution is 2.30. The molecule has 0 radical (unpaired) electrons. The van der Waals surface area contributed by atoms with Crippen LogP contribution >= 0.6 is 0 Å². The minimum absolute atomic E-state index is 0.0364. The lowest BCUT2D eigenvalue weighted by Crippen LogP contribution is -2.41. The van der Waals surface area contributed by atoms with Gasteiger partial charge in [-0.1, -0.05) is 19.4 Å². The highest BCUT2D eigenvalue weighted by atomic mass is 16.8. The molecule has 1 rings (SSSR count). The molecule has 0 aliphatic rings. The van der Waals surface area contributed by atoms with Crippen molar-refractivity contribution >= 4 is 24.4 Å². The molecule has 1 aromatic rings. The first-order valence-electron chi connectivity index (χ1n) is 12.5. The van der Waals surface area contributed by atoms with Gasteiger partial charge in [-0.2, -0.15) is 0 Å². The van der Waals surface area contributed by atoms with Gasteiger partial charge in [0.15, 0.2) is 11.5 Å². The van der Waals surface area contributed by atoms with E-state index in [4.69, 9.17) is 33.2 Å². The highest BCUT2D eigenvalue weighted by molar-refractivity contribution is 5.76. The third-order valence-electron chi connectivity index (χ3n) is 4.69. The molecule has 1 unspecified atom stereocenters. The lowest BCUT2D eigenvalue weighted by Gasteiger charge is -2.18. The van der Waals surface area contributed by atoms with Crippen molar-refractivity contribution in [2.24, 2.45) is 0 Å². The van der Waals surface area contributed by atoms with Crippen molar-refractivity contribution in [3.63, 3.8) is 0 Å². The predicted octanol–water partition coefficient (Wildman–Crippen LogP) is 4.55. The average Bonchev–Trinajstić information content (AvgIpc) is 2.81. The summed E-state index contributed by atoms with van der Waals surface area (Å²) < 4.78 is 35.4. The number of carbonyl (C=O) groups is 4. The Balaban J connectivity index is 2.92. The third-order valence-corrected chi connectivity index (χ3v) is 4.69. The lowest BCUT2D eigenvalue weighted by molar-refractivity contribution is -0.143. The van der Waals surface area contributed by atoms with Gasteiger partial charge in [0.2, 0.25) is 0 Å². The fraction of sp³-hybridized carbons (Fsp3) is 0.615. The van der Waals surface area contributed by atoms with Crippen LogP contribution < -0.4 is 14.8 Å². The Hall–Kier alpha value is -3.54. The summed E-state index contributed by atoms with van der Waals surface area (Å²) in [7, 11) is 1.24. The second-order valence-corrected chi connectivity index (χ2v) is 8.87. The third kappa shape index (κ3) is 13.1. The Morgan fingerprint density at radius 3 is 2.00 bits per heavy atom. The van der Waals surface area contributed by atoms with Crippen molar-refractivity contribution in [2.75, 3.05) is 20.3 Å². The SMILES string of the molecule is CCCC(C)OC(=O)OCCN[C@@H](Cc1ccc(OC(=O)OC(C)C)c(OC(=O)OC(C)C)c1)C(=O)OC. The molecule has 0 fully saturated rings. The number of ether oxygens (including phenoxy) is 7. The quantitative estimate of drug-likeness (QED) is 0.153. The maximum atomic E-state index is 12.4. The first-order valence-corrected chi connectivity index (χ1v) is 12.5. The Morgan fingerprint density at radius 1 is 0.842 bits per heavy atom. The minimum atomic E-state index is -1.00. The minimum Gasteiger partial charge on any atom is -0.468 e. The van der Waals surface area contributed by atoms with Crippen molar-refractivity contribution in [2.45, 2.75) is 85.2 Å². The summed E-state index contributed by atoms with van der Waals surface area (Å²) in [6.07, 6.45) is -2.18. The highest BCUT2D eigenvalue weighted by Gasteiger charge is 2.22. The molecule has 0 aliphatic carbocycles. The number of hydrogen-bond acceptors (Lipinski definition) is 12. The van der Waals surface area contributed by atoms with Crippen LogP contribution in [-0.4, -0.2) is 69.1 Å². The fourth-order valence-corrected chi connectivity index (χ4v) is 3.10. The number of nitrogens with one attached hydrogen (secondary N) is 1. The van der Waals surface area contributed by atoms with Crippen LogP contribution in [0, 0.1) is 0 Å². The molecule has 0 heterocycles. The first kappa shape index (κ1) is 32.5. The number of esters is 1. The van der Waals surface area contributed by atoms with Gasteiger partial charge in [0, 0.05) is 6.54 Å². The van der Waals surface area contributed by atoms with Crippen LogP contribution in [0.1, 0.15) is 59.9 Å². The zero-order chi connectivity index (χ0) is 28.7. The van der Waals surface area contributed by atoms with Crippen LogP contribution in [0.5, 0.6) is 11.5 Å². The van der Waals surface area contributed by atoms with E-state index in [1.807, 2.05) is 6.92 Å². The Kier molecular flexibility index (Phi) is 14.6. The van der Waals surface area contributed by atoms with Crippen LogP contribution in [0.3, 0.4) is 0 Å².